The van der Waals surface area contributed by atoms with Gasteiger partial charge in [-0.3, -0.25) is 0 Å². The molecule has 0 fully saturated rings. The lowest BCUT2D eigenvalue weighted by molar-refractivity contribution is 0.343. The molecule has 13 heavy (non-hydrogen) atoms. The summed E-state index contributed by atoms with van der Waals surface area (Å²) in [7, 11) is 0. The Morgan fingerprint density at radius 3 is 2.54 bits per heavy atom. The van der Waals surface area contributed by atoms with Crippen molar-refractivity contribution in [3.8, 4) is 5.75 Å². The molecule has 0 saturated carbocycles. The number of halogens is 2. The van der Waals surface area contributed by atoms with E-state index in [0.717, 1.165) is 0 Å². The van der Waals surface area contributed by atoms with Crippen LogP contribution >= 0.6 is 23.2 Å². The molecule has 1 rings (SSSR count). The minimum atomic E-state index is -0.0607. The van der Waals surface area contributed by atoms with Crippen molar-refractivity contribution in [2.45, 2.75) is 0 Å². The summed E-state index contributed by atoms with van der Waals surface area (Å²) in [5.41, 5.74) is 0.665. The number of aromatic hydroxyl groups is 1. The fourth-order valence-corrected chi connectivity index (χ4v) is 1.25. The van der Waals surface area contributed by atoms with Gasteiger partial charge in [0.2, 0.25) is 0 Å². The Hall–Kier alpha value is -0.700. The molecule has 0 heterocycles. The van der Waals surface area contributed by atoms with Gasteiger partial charge >= 0.3 is 0 Å². The second kappa shape index (κ2) is 4.51. The zero-order valence-electron chi connectivity index (χ0n) is 6.67. The Morgan fingerprint density at radius 2 is 1.92 bits per heavy atom. The van der Waals surface area contributed by atoms with Crippen molar-refractivity contribution in [1.29, 1.82) is 0 Å². The maximum Gasteiger partial charge on any atom is 0.135 e. The van der Waals surface area contributed by atoms with Crippen molar-refractivity contribution in [2.75, 3.05) is 6.61 Å². The van der Waals surface area contributed by atoms with E-state index in [9.17, 15) is 0 Å². The van der Waals surface area contributed by atoms with E-state index in [1.807, 2.05) is 0 Å². The Labute approximate surface area is 86.0 Å². The highest BCUT2D eigenvalue weighted by Crippen LogP contribution is 2.30. The van der Waals surface area contributed by atoms with Crippen molar-refractivity contribution in [3.63, 3.8) is 0 Å². The molecular formula is C9H8Cl2O2. The van der Waals surface area contributed by atoms with E-state index in [1.165, 1.54) is 18.2 Å². The van der Waals surface area contributed by atoms with Crippen LogP contribution in [0.3, 0.4) is 0 Å². The molecule has 2 N–H and O–H groups in total. The van der Waals surface area contributed by atoms with Crippen LogP contribution in [0, 0.1) is 0 Å². The Balaban J connectivity index is 3.08. The normalized spacial score (nSPS) is 11.0. The van der Waals surface area contributed by atoms with Crippen LogP contribution in [0.5, 0.6) is 5.75 Å². The van der Waals surface area contributed by atoms with Crippen LogP contribution in [-0.4, -0.2) is 16.8 Å². The summed E-state index contributed by atoms with van der Waals surface area (Å²) in [6.45, 7) is -0.0607. The first-order valence-corrected chi connectivity index (χ1v) is 4.36. The van der Waals surface area contributed by atoms with E-state index >= 15 is 0 Å². The highest BCUT2D eigenvalue weighted by Gasteiger charge is 2.03. The third-order valence-corrected chi connectivity index (χ3v) is 2.10. The summed E-state index contributed by atoms with van der Waals surface area (Å²) < 4.78 is 0. The lowest BCUT2D eigenvalue weighted by atomic mass is 10.2. The predicted octanol–water partition coefficient (Wildman–Crippen LogP) is 2.70. The smallest absolute Gasteiger partial charge is 0.135 e. The first-order valence-electron chi connectivity index (χ1n) is 3.60. The molecule has 0 amide bonds. The average molecular weight is 219 g/mol. The summed E-state index contributed by atoms with van der Waals surface area (Å²) in [5.74, 6) is -0.0483. The van der Waals surface area contributed by atoms with E-state index in [0.29, 0.717) is 10.6 Å². The fourth-order valence-electron chi connectivity index (χ4n) is 0.859. The topological polar surface area (TPSA) is 40.5 Å². The van der Waals surface area contributed by atoms with Crippen LogP contribution in [0.4, 0.5) is 0 Å². The summed E-state index contributed by atoms with van der Waals surface area (Å²) in [4.78, 5) is 0. The van der Waals surface area contributed by atoms with Gasteiger partial charge in [-0.05, 0) is 11.6 Å². The number of rotatable bonds is 2. The first-order chi connectivity index (χ1) is 6.15. The summed E-state index contributed by atoms with van der Waals surface area (Å²) in [6.07, 6.45) is 3.17. The van der Waals surface area contributed by atoms with Crippen LogP contribution in [-0.2, 0) is 0 Å². The van der Waals surface area contributed by atoms with Gasteiger partial charge in [-0.1, -0.05) is 35.4 Å². The number of benzene rings is 1. The minimum absolute atomic E-state index is 0.0483. The molecule has 2 nitrogen and oxygen atoms in total. The maximum absolute atomic E-state index is 9.16. The lowest BCUT2D eigenvalue weighted by Crippen LogP contribution is -1.78. The van der Waals surface area contributed by atoms with Crippen molar-refractivity contribution >= 4 is 29.3 Å². The number of phenolic OH excluding ortho intramolecular Hbond substituents is 1. The van der Waals surface area contributed by atoms with Crippen LogP contribution in [0.2, 0.25) is 10.0 Å². The van der Waals surface area contributed by atoms with Gasteiger partial charge in [0, 0.05) is 6.07 Å². The SMILES string of the molecule is OCC=Cc1cc(Cl)c(O)cc1Cl. The molecule has 0 saturated heterocycles. The minimum Gasteiger partial charge on any atom is -0.506 e. The predicted molar refractivity (Wildman–Crippen MR) is 54.2 cm³/mol. The molecule has 0 atom stereocenters. The van der Waals surface area contributed by atoms with Gasteiger partial charge in [0.1, 0.15) is 5.75 Å². The second-order valence-corrected chi connectivity index (χ2v) is 3.22. The fraction of sp³-hybridized carbons (Fsp3) is 0.111. The third-order valence-electron chi connectivity index (χ3n) is 1.47. The number of aliphatic hydroxyl groups excluding tert-OH is 1. The Kier molecular flexibility index (Phi) is 3.60. The lowest BCUT2D eigenvalue weighted by Gasteiger charge is -2.01. The highest BCUT2D eigenvalue weighted by molar-refractivity contribution is 6.35. The zero-order chi connectivity index (χ0) is 9.84. The molecule has 0 aromatic heterocycles. The van der Waals surface area contributed by atoms with Crippen LogP contribution in [0.25, 0.3) is 6.08 Å². The van der Waals surface area contributed by atoms with Crippen LogP contribution < -0.4 is 0 Å². The standard InChI is InChI=1S/C9H8Cl2O2/c10-7-5-9(13)8(11)4-6(7)2-1-3-12/h1-2,4-5,12-13H,3H2. The maximum atomic E-state index is 9.16. The number of hydrogen-bond acceptors (Lipinski definition) is 2. The molecule has 0 aliphatic heterocycles. The van der Waals surface area contributed by atoms with Gasteiger partial charge < -0.3 is 10.2 Å². The summed E-state index contributed by atoms with van der Waals surface area (Å²) >= 11 is 11.4. The van der Waals surface area contributed by atoms with Gasteiger partial charge in [-0.25, -0.2) is 0 Å². The van der Waals surface area contributed by atoms with Gasteiger partial charge in [0.15, 0.2) is 0 Å². The van der Waals surface area contributed by atoms with E-state index in [4.69, 9.17) is 33.4 Å². The molecule has 0 unspecified atom stereocenters. The van der Waals surface area contributed by atoms with E-state index in [1.54, 1.807) is 6.08 Å². The first kappa shape index (κ1) is 10.4. The largest absolute Gasteiger partial charge is 0.506 e. The molecular weight excluding hydrogens is 211 g/mol. The van der Waals surface area contributed by atoms with E-state index in [2.05, 4.69) is 0 Å². The monoisotopic (exact) mass is 218 g/mol. The van der Waals surface area contributed by atoms with Crippen LogP contribution in [0.15, 0.2) is 18.2 Å². The molecule has 0 aliphatic rings. The van der Waals surface area contributed by atoms with Crippen molar-refractivity contribution in [3.05, 3.63) is 33.8 Å². The number of aliphatic hydroxyl groups is 1. The molecule has 0 bridgehead atoms. The molecule has 70 valence electrons. The second-order valence-electron chi connectivity index (χ2n) is 2.41. The Morgan fingerprint density at radius 1 is 1.23 bits per heavy atom. The molecule has 4 heteroatoms. The highest BCUT2D eigenvalue weighted by atomic mass is 35.5. The van der Waals surface area contributed by atoms with Crippen LogP contribution in [0.1, 0.15) is 5.56 Å². The van der Waals surface area contributed by atoms with E-state index < -0.39 is 0 Å². The third kappa shape index (κ3) is 2.62. The number of hydrogen-bond donors (Lipinski definition) is 2. The van der Waals surface area contributed by atoms with Crippen molar-refractivity contribution in [1.82, 2.24) is 0 Å². The summed E-state index contributed by atoms with van der Waals surface area (Å²) in [6, 6.07) is 2.90. The van der Waals surface area contributed by atoms with Crippen molar-refractivity contribution in [2.24, 2.45) is 0 Å². The molecule has 0 radical (unpaired) electrons. The van der Waals surface area contributed by atoms with Gasteiger partial charge in [0.05, 0.1) is 16.7 Å². The van der Waals surface area contributed by atoms with Gasteiger partial charge in [0.25, 0.3) is 0 Å². The van der Waals surface area contributed by atoms with Crippen molar-refractivity contribution < 1.29 is 10.2 Å². The van der Waals surface area contributed by atoms with Gasteiger partial charge in [-0.2, -0.15) is 0 Å². The quantitative estimate of drug-likeness (QED) is 0.802. The Bertz CT molecular complexity index is 335. The van der Waals surface area contributed by atoms with E-state index in [-0.39, 0.29) is 17.4 Å². The molecule has 0 spiro atoms. The molecule has 1 aromatic carbocycles. The summed E-state index contributed by atoms with van der Waals surface area (Å²) in [5, 5.41) is 18.3. The number of phenols is 1. The average Bonchev–Trinajstić information content (AvgIpc) is 2.09. The zero-order valence-corrected chi connectivity index (χ0v) is 8.18. The molecule has 1 aromatic rings. The molecule has 0 aliphatic carbocycles. The van der Waals surface area contributed by atoms with Gasteiger partial charge in [-0.15, -0.1) is 0 Å².